The number of hydrogen-bond donors (Lipinski definition) is 2. The second-order valence-electron chi connectivity index (χ2n) is 16.3. The summed E-state index contributed by atoms with van der Waals surface area (Å²) in [5.41, 5.74) is -1.57. The molecule has 4 aromatic heterocycles. The van der Waals surface area contributed by atoms with E-state index in [0.29, 0.717) is 48.9 Å². The fourth-order valence-electron chi connectivity index (χ4n) is 8.10. The molecule has 0 atom stereocenters. The van der Waals surface area contributed by atoms with E-state index >= 15 is 0 Å². The molecule has 2 fully saturated rings. The molecule has 2 aromatic carbocycles. The lowest BCUT2D eigenvalue weighted by Crippen LogP contribution is -2.43. The summed E-state index contributed by atoms with van der Waals surface area (Å²) in [5, 5.41) is 31.2. The quantitative estimate of drug-likeness (QED) is 0.140. The summed E-state index contributed by atoms with van der Waals surface area (Å²) in [6, 6.07) is 24.1. The number of aromatic nitrogens is 4. The SMILES string of the molecule is C.C.C.Cl.N#CC1(Cc2cccc(C(F)(F)F)c2F)CCN(C(=O)c2cccnc2-c2ccncc2)CC1.N#CC1(Cc2cccc(C(F)(F)F)c2F)CCNCC1.O=C(O)c1cccnc1-c1ccncc1. The highest BCUT2D eigenvalue weighted by Gasteiger charge is 2.41. The van der Waals surface area contributed by atoms with E-state index in [9.17, 15) is 55.2 Å². The van der Waals surface area contributed by atoms with E-state index in [2.05, 4.69) is 37.4 Å². The van der Waals surface area contributed by atoms with Crippen LogP contribution < -0.4 is 5.32 Å². The number of nitrogens with zero attached hydrogens (tertiary/aromatic N) is 7. The molecule has 388 valence electrons. The van der Waals surface area contributed by atoms with Gasteiger partial charge in [-0.1, -0.05) is 46.5 Å². The van der Waals surface area contributed by atoms with Crippen molar-refractivity contribution in [1.82, 2.24) is 30.2 Å². The number of alkyl halides is 6. The number of amides is 1. The molecular formula is C53H55ClF8N8O3. The maximum Gasteiger partial charge on any atom is 0.419 e. The van der Waals surface area contributed by atoms with E-state index in [4.69, 9.17) is 5.11 Å². The van der Waals surface area contributed by atoms with Gasteiger partial charge in [0, 0.05) is 61.4 Å². The molecule has 11 nitrogen and oxygen atoms in total. The Kier molecular flexibility index (Phi) is 22.8. The molecule has 2 aliphatic rings. The molecule has 0 saturated carbocycles. The number of nitrogens with one attached hydrogen (secondary N) is 1. The Labute approximate surface area is 425 Å². The Balaban J connectivity index is 0.000000400. The van der Waals surface area contributed by atoms with Crippen molar-refractivity contribution in [2.75, 3.05) is 26.2 Å². The number of likely N-dealkylation sites (tertiary alicyclic amines) is 1. The van der Waals surface area contributed by atoms with Crippen LogP contribution in [0, 0.1) is 45.1 Å². The fraction of sp³-hybridized carbons (Fsp3) is 0.321. The lowest BCUT2D eigenvalue weighted by atomic mass is 9.74. The number of carboxylic acid groups (broad SMARTS) is 1. The number of carbonyl (C=O) groups excluding carboxylic acids is 1. The van der Waals surface area contributed by atoms with Gasteiger partial charge in [0.25, 0.3) is 5.91 Å². The summed E-state index contributed by atoms with van der Waals surface area (Å²) in [4.78, 5) is 42.1. The number of hydrogen-bond acceptors (Lipinski definition) is 9. The third-order valence-electron chi connectivity index (χ3n) is 11.9. The minimum absolute atomic E-state index is 0. The van der Waals surface area contributed by atoms with Crippen molar-refractivity contribution in [3.05, 3.63) is 167 Å². The Bertz CT molecular complexity index is 2830. The topological polar surface area (TPSA) is 169 Å². The first-order chi connectivity index (χ1) is 32.9. The first-order valence-electron chi connectivity index (χ1n) is 21.4. The summed E-state index contributed by atoms with van der Waals surface area (Å²) in [6.45, 7) is 1.68. The van der Waals surface area contributed by atoms with Crippen LogP contribution in [-0.4, -0.2) is 68.0 Å². The van der Waals surface area contributed by atoms with E-state index < -0.39 is 51.9 Å². The fourth-order valence-corrected chi connectivity index (χ4v) is 8.10. The van der Waals surface area contributed by atoms with Gasteiger partial charge in [-0.05, 0) is 123 Å². The Hall–Kier alpha value is -7.35. The van der Waals surface area contributed by atoms with Crippen molar-refractivity contribution in [1.29, 1.82) is 10.5 Å². The molecule has 2 aliphatic heterocycles. The Morgan fingerprint density at radius 3 is 1.40 bits per heavy atom. The highest BCUT2D eigenvalue weighted by molar-refractivity contribution is 6.00. The van der Waals surface area contributed by atoms with E-state index in [0.717, 1.165) is 23.3 Å². The largest absolute Gasteiger partial charge is 0.478 e. The van der Waals surface area contributed by atoms with Gasteiger partial charge in [-0.25, -0.2) is 13.6 Å². The van der Waals surface area contributed by atoms with Gasteiger partial charge in [-0.15, -0.1) is 12.4 Å². The van der Waals surface area contributed by atoms with E-state index in [1.54, 1.807) is 84.5 Å². The molecule has 73 heavy (non-hydrogen) atoms. The van der Waals surface area contributed by atoms with Crippen LogP contribution in [-0.2, 0) is 25.2 Å². The zero-order chi connectivity index (χ0) is 49.8. The maximum atomic E-state index is 14.6. The molecule has 6 heterocycles. The smallest absolute Gasteiger partial charge is 0.419 e. The number of rotatable bonds is 8. The number of pyridine rings is 4. The summed E-state index contributed by atoms with van der Waals surface area (Å²) in [7, 11) is 0. The van der Waals surface area contributed by atoms with Crippen LogP contribution >= 0.6 is 12.4 Å². The maximum absolute atomic E-state index is 14.6. The average Bonchev–Trinajstić information content (AvgIpc) is 3.36. The van der Waals surface area contributed by atoms with Crippen LogP contribution in [0.3, 0.4) is 0 Å². The first kappa shape index (κ1) is 61.8. The molecule has 2 saturated heterocycles. The standard InChI is InChI=1S/C25H20F4N4O.C14H14F4N2.C11H8N2O2.3CH4.ClH/c26-21-18(3-1-5-20(21)25(27,28)29)15-24(16-30)8-13-33(14-9-24)23(34)19-4-2-10-32-22(19)17-6-11-31-12-7-17;15-12-10(2-1-3-11(12)14(16,17)18)8-13(9-19)4-6-20-7-5-13;14-11(15)9-2-1-5-13-10(9)8-3-6-12-7-4-8;;;;/h1-7,10-12H,8-9,13-15H2;1-3,20H,4-8H2;1-7H,(H,14,15);3*1H4;1H. The van der Waals surface area contributed by atoms with E-state index in [1.165, 1.54) is 24.3 Å². The predicted molar refractivity (Wildman–Crippen MR) is 263 cm³/mol. The van der Waals surface area contributed by atoms with Crippen molar-refractivity contribution >= 4 is 24.3 Å². The third kappa shape index (κ3) is 15.3. The molecule has 0 unspecified atom stereocenters. The average molecular weight is 1040 g/mol. The number of benzene rings is 2. The molecule has 0 spiro atoms. The molecule has 0 radical (unpaired) electrons. The van der Waals surface area contributed by atoms with Crippen LogP contribution in [0.4, 0.5) is 35.1 Å². The van der Waals surface area contributed by atoms with Crippen molar-refractivity contribution in [3.8, 4) is 34.7 Å². The van der Waals surface area contributed by atoms with Crippen LogP contribution in [0.2, 0.25) is 0 Å². The van der Waals surface area contributed by atoms with E-state index in [1.807, 2.05) is 0 Å². The zero-order valence-corrected chi connectivity index (χ0v) is 37.8. The third-order valence-corrected chi connectivity index (χ3v) is 11.9. The Morgan fingerprint density at radius 1 is 0.603 bits per heavy atom. The van der Waals surface area contributed by atoms with Crippen molar-refractivity contribution < 1.29 is 49.8 Å². The molecule has 1 amide bonds. The number of nitriles is 2. The van der Waals surface area contributed by atoms with Crippen molar-refractivity contribution in [3.63, 3.8) is 0 Å². The lowest BCUT2D eigenvalue weighted by molar-refractivity contribution is -0.141. The van der Waals surface area contributed by atoms with Gasteiger partial charge in [-0.3, -0.25) is 24.7 Å². The second kappa shape index (κ2) is 26.9. The molecular weight excluding hydrogens is 984 g/mol. The summed E-state index contributed by atoms with van der Waals surface area (Å²) < 4.78 is 106. The molecule has 2 N–H and O–H groups in total. The van der Waals surface area contributed by atoms with Gasteiger partial charge in [0.2, 0.25) is 0 Å². The minimum Gasteiger partial charge on any atom is -0.478 e. The van der Waals surface area contributed by atoms with Gasteiger partial charge < -0.3 is 15.3 Å². The van der Waals surface area contributed by atoms with Crippen LogP contribution in [0.25, 0.3) is 22.5 Å². The zero-order valence-electron chi connectivity index (χ0n) is 36.9. The van der Waals surface area contributed by atoms with Gasteiger partial charge in [0.1, 0.15) is 11.6 Å². The summed E-state index contributed by atoms with van der Waals surface area (Å²) in [5.74, 6) is -3.83. The van der Waals surface area contributed by atoms with Gasteiger partial charge >= 0.3 is 18.3 Å². The normalized spacial score (nSPS) is 14.4. The van der Waals surface area contributed by atoms with Crippen LogP contribution in [0.5, 0.6) is 0 Å². The van der Waals surface area contributed by atoms with Crippen molar-refractivity contribution in [2.24, 2.45) is 10.8 Å². The first-order valence-corrected chi connectivity index (χ1v) is 21.4. The minimum atomic E-state index is -4.81. The number of carbonyl (C=O) groups is 2. The molecule has 20 heteroatoms. The van der Waals surface area contributed by atoms with E-state index in [-0.39, 0.29) is 96.1 Å². The summed E-state index contributed by atoms with van der Waals surface area (Å²) in [6.07, 6.45) is 1.38. The number of carboxylic acids is 1. The molecule has 8 rings (SSSR count). The van der Waals surface area contributed by atoms with Gasteiger partial charge in [0.05, 0.1) is 56.6 Å². The number of piperidine rings is 2. The Morgan fingerprint density at radius 2 is 1.00 bits per heavy atom. The number of aromatic carboxylic acids is 1. The lowest BCUT2D eigenvalue weighted by Gasteiger charge is -2.37. The highest BCUT2D eigenvalue weighted by Crippen LogP contribution is 2.40. The van der Waals surface area contributed by atoms with Crippen LogP contribution in [0.15, 0.2) is 122 Å². The second-order valence-corrected chi connectivity index (χ2v) is 16.3. The van der Waals surface area contributed by atoms with Crippen molar-refractivity contribution in [2.45, 2.75) is 73.2 Å². The van der Waals surface area contributed by atoms with Gasteiger partial charge in [-0.2, -0.15) is 36.9 Å². The highest BCUT2D eigenvalue weighted by atomic mass is 35.5. The number of halogens is 9. The molecule has 0 bridgehead atoms. The van der Waals surface area contributed by atoms with Gasteiger partial charge in [0.15, 0.2) is 0 Å². The monoisotopic (exact) mass is 1040 g/mol. The van der Waals surface area contributed by atoms with Crippen LogP contribution in [0.1, 0.15) is 90.9 Å². The summed E-state index contributed by atoms with van der Waals surface area (Å²) >= 11 is 0. The molecule has 0 aliphatic carbocycles. The molecule has 6 aromatic rings. The predicted octanol–water partition coefficient (Wildman–Crippen LogP) is 12.7.